The molecule has 0 aliphatic rings. The van der Waals surface area contributed by atoms with Crippen LogP contribution in [-0.2, 0) is 4.79 Å². The number of hydrogen-bond acceptors (Lipinski definition) is 3. The maximum absolute atomic E-state index is 12.6. The highest BCUT2D eigenvalue weighted by molar-refractivity contribution is 5.81. The van der Waals surface area contributed by atoms with E-state index in [9.17, 15) is 9.18 Å². The van der Waals surface area contributed by atoms with E-state index in [4.69, 9.17) is 4.74 Å². The molecular formula is C11H14FNO2. The summed E-state index contributed by atoms with van der Waals surface area (Å²) in [5.41, 5.74) is 0. The average Bonchev–Trinajstić information content (AvgIpc) is 2.21. The monoisotopic (exact) mass is 211 g/mol. The van der Waals surface area contributed by atoms with Crippen LogP contribution >= 0.6 is 0 Å². The van der Waals surface area contributed by atoms with Crippen LogP contribution in [0.2, 0.25) is 0 Å². The Kier molecular flexibility index (Phi) is 4.24. The predicted octanol–water partition coefficient (Wildman–Crippen LogP) is 1.38. The normalized spacial score (nSPS) is 12.2. The minimum Gasteiger partial charge on any atom is -0.491 e. The van der Waals surface area contributed by atoms with Crippen LogP contribution in [-0.4, -0.2) is 25.5 Å². The van der Waals surface area contributed by atoms with Crippen LogP contribution in [0, 0.1) is 5.82 Å². The van der Waals surface area contributed by atoms with Crippen molar-refractivity contribution in [1.82, 2.24) is 5.32 Å². The van der Waals surface area contributed by atoms with Crippen LogP contribution in [0.1, 0.15) is 6.92 Å². The number of hydrogen-bond donors (Lipinski definition) is 1. The zero-order valence-electron chi connectivity index (χ0n) is 8.79. The Hall–Kier alpha value is -1.42. The number of carbonyl (C=O) groups excluding carboxylic acids is 1. The van der Waals surface area contributed by atoms with Gasteiger partial charge >= 0.3 is 0 Å². The maximum Gasteiger partial charge on any atom is 0.150 e. The van der Waals surface area contributed by atoms with Crippen molar-refractivity contribution in [3.8, 4) is 5.75 Å². The molecule has 0 spiro atoms. The molecule has 0 heterocycles. The molecule has 0 bridgehead atoms. The lowest BCUT2D eigenvalue weighted by atomic mass is 10.2. The molecule has 3 nitrogen and oxygen atoms in total. The lowest BCUT2D eigenvalue weighted by molar-refractivity contribution is -0.119. The lowest BCUT2D eigenvalue weighted by Gasteiger charge is -2.13. The second kappa shape index (κ2) is 5.46. The van der Waals surface area contributed by atoms with Crippen molar-refractivity contribution in [1.29, 1.82) is 0 Å². The van der Waals surface area contributed by atoms with Crippen molar-refractivity contribution >= 4 is 5.78 Å². The summed E-state index contributed by atoms with van der Waals surface area (Å²) < 4.78 is 17.9. The highest BCUT2D eigenvalue weighted by Gasteiger charge is 2.11. The Morgan fingerprint density at radius 2 is 2.07 bits per heavy atom. The number of likely N-dealkylation sites (N-methyl/N-ethyl adjacent to an activating group) is 1. The third kappa shape index (κ3) is 3.67. The van der Waals surface area contributed by atoms with Gasteiger partial charge in [0.25, 0.3) is 0 Å². The largest absolute Gasteiger partial charge is 0.491 e. The first-order valence-corrected chi connectivity index (χ1v) is 4.69. The molecule has 1 aromatic carbocycles. The van der Waals surface area contributed by atoms with Crippen molar-refractivity contribution in [3.63, 3.8) is 0 Å². The molecule has 82 valence electrons. The highest BCUT2D eigenvalue weighted by atomic mass is 19.1. The van der Waals surface area contributed by atoms with Crippen molar-refractivity contribution < 1.29 is 13.9 Å². The third-order valence-electron chi connectivity index (χ3n) is 2.07. The molecule has 0 saturated heterocycles. The number of nitrogens with one attached hydrogen (secondary N) is 1. The van der Waals surface area contributed by atoms with Gasteiger partial charge in [0, 0.05) is 0 Å². The van der Waals surface area contributed by atoms with Crippen molar-refractivity contribution in [2.75, 3.05) is 13.7 Å². The topological polar surface area (TPSA) is 38.3 Å². The first-order valence-electron chi connectivity index (χ1n) is 4.69. The minimum atomic E-state index is -0.324. The fourth-order valence-electron chi connectivity index (χ4n) is 1.11. The summed E-state index contributed by atoms with van der Waals surface area (Å²) in [5, 5.41) is 2.83. The Balaban J connectivity index is 2.49. The Morgan fingerprint density at radius 1 is 1.47 bits per heavy atom. The summed E-state index contributed by atoms with van der Waals surface area (Å²) in [6.45, 7) is 1.74. The molecule has 0 unspecified atom stereocenters. The Labute approximate surface area is 88.2 Å². The Morgan fingerprint density at radius 3 is 2.53 bits per heavy atom. The van der Waals surface area contributed by atoms with Gasteiger partial charge in [-0.25, -0.2) is 4.39 Å². The van der Waals surface area contributed by atoms with E-state index in [1.807, 2.05) is 0 Å². The van der Waals surface area contributed by atoms with Gasteiger partial charge in [0.1, 0.15) is 30.0 Å². The van der Waals surface area contributed by atoms with Crippen LogP contribution in [0.15, 0.2) is 24.3 Å². The number of ether oxygens (including phenoxy) is 1. The number of halogens is 1. The molecule has 1 rings (SSSR count). The van der Waals surface area contributed by atoms with Crippen LogP contribution < -0.4 is 10.1 Å². The van der Waals surface area contributed by atoms with Crippen molar-refractivity contribution in [3.05, 3.63) is 30.1 Å². The zero-order valence-corrected chi connectivity index (χ0v) is 8.79. The molecule has 0 aliphatic heterocycles. The van der Waals surface area contributed by atoms with Gasteiger partial charge in [0.2, 0.25) is 0 Å². The molecule has 0 aromatic heterocycles. The van der Waals surface area contributed by atoms with Crippen LogP contribution in [0.4, 0.5) is 4.39 Å². The number of Topliss-reactive ketones (excluding diaryl/α,β-unsaturated/α-hetero) is 1. The molecule has 0 radical (unpaired) electrons. The van der Waals surface area contributed by atoms with Crippen molar-refractivity contribution in [2.45, 2.75) is 13.0 Å². The fourth-order valence-corrected chi connectivity index (χ4v) is 1.11. The molecule has 0 saturated carbocycles. The van der Waals surface area contributed by atoms with E-state index in [-0.39, 0.29) is 24.2 Å². The molecule has 0 fully saturated rings. The van der Waals surface area contributed by atoms with E-state index in [0.29, 0.717) is 5.75 Å². The lowest BCUT2D eigenvalue weighted by Crippen LogP contribution is -2.37. The molecule has 0 amide bonds. The smallest absolute Gasteiger partial charge is 0.150 e. The van der Waals surface area contributed by atoms with Gasteiger partial charge in [-0.3, -0.25) is 4.79 Å². The van der Waals surface area contributed by atoms with Gasteiger partial charge in [0.05, 0.1) is 0 Å². The van der Waals surface area contributed by atoms with Gasteiger partial charge in [-0.05, 0) is 38.2 Å². The first kappa shape index (κ1) is 11.7. The van der Waals surface area contributed by atoms with E-state index >= 15 is 0 Å². The molecule has 1 N–H and O–H groups in total. The number of rotatable bonds is 5. The molecule has 15 heavy (non-hydrogen) atoms. The summed E-state index contributed by atoms with van der Waals surface area (Å²) in [5.74, 6) is 0.261. The summed E-state index contributed by atoms with van der Waals surface area (Å²) in [6, 6.07) is 5.37. The number of carbonyl (C=O) groups is 1. The highest BCUT2D eigenvalue weighted by Crippen LogP contribution is 2.11. The predicted molar refractivity (Wildman–Crippen MR) is 55.4 cm³/mol. The SMILES string of the molecule is CN[C@H](COc1ccc(F)cc1)C(C)=O. The quantitative estimate of drug-likeness (QED) is 0.799. The average molecular weight is 211 g/mol. The van der Waals surface area contributed by atoms with Gasteiger partial charge in [-0.1, -0.05) is 0 Å². The van der Waals surface area contributed by atoms with Crippen LogP contribution in [0.5, 0.6) is 5.75 Å². The standard InChI is InChI=1S/C11H14FNO2/c1-8(14)11(13-2)7-15-10-5-3-9(12)4-6-10/h3-6,11,13H,7H2,1-2H3/t11-/m1/s1. The van der Waals surface area contributed by atoms with E-state index in [0.717, 1.165) is 0 Å². The van der Waals surface area contributed by atoms with Crippen LogP contribution in [0.3, 0.4) is 0 Å². The van der Waals surface area contributed by atoms with Gasteiger partial charge in [-0.15, -0.1) is 0 Å². The number of ketones is 1. The van der Waals surface area contributed by atoms with Gasteiger partial charge < -0.3 is 10.1 Å². The van der Waals surface area contributed by atoms with E-state index in [1.54, 1.807) is 7.05 Å². The zero-order chi connectivity index (χ0) is 11.3. The minimum absolute atomic E-state index is 0.0135. The van der Waals surface area contributed by atoms with E-state index in [2.05, 4.69) is 5.32 Å². The van der Waals surface area contributed by atoms with Crippen LogP contribution in [0.25, 0.3) is 0 Å². The second-order valence-corrected chi connectivity index (χ2v) is 3.22. The first-order chi connectivity index (χ1) is 7.13. The van der Waals surface area contributed by atoms with Gasteiger partial charge in [0.15, 0.2) is 0 Å². The summed E-state index contributed by atoms with van der Waals surface area (Å²) >= 11 is 0. The Bertz CT molecular complexity index is 324. The third-order valence-corrected chi connectivity index (χ3v) is 2.07. The molecule has 1 atom stereocenters. The fraction of sp³-hybridized carbons (Fsp3) is 0.364. The van der Waals surface area contributed by atoms with Gasteiger partial charge in [-0.2, -0.15) is 0 Å². The van der Waals surface area contributed by atoms with E-state index in [1.165, 1.54) is 31.2 Å². The number of benzene rings is 1. The van der Waals surface area contributed by atoms with Crippen molar-refractivity contribution in [2.24, 2.45) is 0 Å². The van der Waals surface area contributed by atoms with E-state index < -0.39 is 0 Å². The second-order valence-electron chi connectivity index (χ2n) is 3.22. The molecule has 0 aliphatic carbocycles. The summed E-state index contributed by atoms with van der Waals surface area (Å²) in [4.78, 5) is 11.0. The summed E-state index contributed by atoms with van der Waals surface area (Å²) in [7, 11) is 1.69. The molecule has 4 heteroatoms. The molecular weight excluding hydrogens is 197 g/mol. The molecule has 1 aromatic rings. The maximum atomic E-state index is 12.6. The summed E-state index contributed by atoms with van der Waals surface area (Å²) in [6.07, 6.45) is 0.